The van der Waals surface area contributed by atoms with E-state index in [1.165, 1.54) is 6.92 Å². The minimum atomic E-state index is -4.54. The summed E-state index contributed by atoms with van der Waals surface area (Å²) in [6.07, 6.45) is -8.62. The summed E-state index contributed by atoms with van der Waals surface area (Å²) in [6.45, 7) is 7.04. The van der Waals surface area contributed by atoms with Crippen molar-refractivity contribution in [2.24, 2.45) is 0 Å². The topological polar surface area (TPSA) is 64.6 Å². The molecule has 0 unspecified atom stereocenters. The van der Waals surface area contributed by atoms with Crippen molar-refractivity contribution >= 4 is 34.5 Å². The van der Waals surface area contributed by atoms with Crippen LogP contribution in [0.15, 0.2) is 0 Å². The molecule has 0 aliphatic rings. The molecule has 0 spiro atoms. The number of Topliss-reactive ketones (excluding diaryl/α,β-unsaturated/α-hetero) is 1. The van der Waals surface area contributed by atoms with Gasteiger partial charge in [0.2, 0.25) is 0 Å². The van der Waals surface area contributed by atoms with Crippen LogP contribution in [0.5, 0.6) is 0 Å². The standard InChI is InChI=1S/C13H21F3INO4/c1-7(21-8(2)13(14,15)16)10(9(19)6-17)18-11(20)22-12(3,4)5/h7-8,10H,6H2,1-5H3,(H,18,20)/t7-,8-,10+/m1/s1. The summed E-state index contributed by atoms with van der Waals surface area (Å²) in [6, 6.07) is -1.21. The van der Waals surface area contributed by atoms with Crippen LogP contribution in [0.25, 0.3) is 0 Å². The van der Waals surface area contributed by atoms with Crippen molar-refractivity contribution in [1.82, 2.24) is 5.32 Å². The fraction of sp³-hybridized carbons (Fsp3) is 0.846. The molecule has 0 heterocycles. The number of amides is 1. The van der Waals surface area contributed by atoms with E-state index >= 15 is 0 Å². The average molecular weight is 439 g/mol. The summed E-state index contributed by atoms with van der Waals surface area (Å²) in [4.78, 5) is 23.6. The number of hydrogen-bond acceptors (Lipinski definition) is 4. The lowest BCUT2D eigenvalue weighted by Crippen LogP contribution is -2.52. The van der Waals surface area contributed by atoms with Gasteiger partial charge in [0.25, 0.3) is 0 Å². The van der Waals surface area contributed by atoms with Gasteiger partial charge in [0, 0.05) is 0 Å². The van der Waals surface area contributed by atoms with Gasteiger partial charge in [-0.2, -0.15) is 13.2 Å². The predicted octanol–water partition coefficient (Wildman–Crippen LogP) is 3.24. The van der Waals surface area contributed by atoms with Crippen molar-refractivity contribution in [3.8, 4) is 0 Å². The highest BCUT2D eigenvalue weighted by molar-refractivity contribution is 14.1. The second-order valence-electron chi connectivity index (χ2n) is 5.75. The minimum Gasteiger partial charge on any atom is -0.444 e. The number of carbonyl (C=O) groups is 2. The van der Waals surface area contributed by atoms with Crippen LogP contribution < -0.4 is 5.32 Å². The van der Waals surface area contributed by atoms with E-state index in [1.807, 2.05) is 0 Å². The van der Waals surface area contributed by atoms with E-state index < -0.39 is 41.9 Å². The molecule has 0 aliphatic carbocycles. The number of alkyl halides is 4. The summed E-state index contributed by atoms with van der Waals surface area (Å²) in [5, 5.41) is 2.27. The molecule has 1 amide bonds. The van der Waals surface area contributed by atoms with Gasteiger partial charge < -0.3 is 14.8 Å². The van der Waals surface area contributed by atoms with Crippen molar-refractivity contribution in [3.63, 3.8) is 0 Å². The molecule has 0 aromatic carbocycles. The highest BCUT2D eigenvalue weighted by atomic mass is 127. The van der Waals surface area contributed by atoms with E-state index in [0.29, 0.717) is 0 Å². The number of nitrogens with one attached hydrogen (secondary N) is 1. The van der Waals surface area contributed by atoms with Crippen LogP contribution in [0, 0.1) is 0 Å². The van der Waals surface area contributed by atoms with E-state index in [2.05, 4.69) is 5.32 Å². The largest absolute Gasteiger partial charge is 0.444 e. The minimum absolute atomic E-state index is 0.0202. The van der Waals surface area contributed by atoms with Crippen molar-refractivity contribution < 1.29 is 32.2 Å². The Morgan fingerprint density at radius 2 is 1.68 bits per heavy atom. The molecule has 0 bridgehead atoms. The van der Waals surface area contributed by atoms with Gasteiger partial charge in [0.15, 0.2) is 11.9 Å². The van der Waals surface area contributed by atoms with Gasteiger partial charge in [-0.3, -0.25) is 4.79 Å². The second-order valence-corrected chi connectivity index (χ2v) is 6.51. The Bertz CT molecular complexity index is 396. The van der Waals surface area contributed by atoms with Crippen LogP contribution in [0.3, 0.4) is 0 Å². The molecule has 130 valence electrons. The third-order valence-corrected chi connectivity index (χ3v) is 3.25. The molecular formula is C13H21F3INO4. The van der Waals surface area contributed by atoms with Crippen molar-refractivity contribution in [1.29, 1.82) is 0 Å². The summed E-state index contributed by atoms with van der Waals surface area (Å²) >= 11 is 1.77. The van der Waals surface area contributed by atoms with Gasteiger partial charge in [-0.25, -0.2) is 4.79 Å². The molecule has 0 saturated carbocycles. The van der Waals surface area contributed by atoms with Crippen LogP contribution >= 0.6 is 22.6 Å². The first-order chi connectivity index (χ1) is 9.77. The number of carbonyl (C=O) groups excluding carboxylic acids is 2. The first-order valence-corrected chi connectivity index (χ1v) is 8.11. The summed E-state index contributed by atoms with van der Waals surface area (Å²) in [5.41, 5.74) is -0.786. The fourth-order valence-corrected chi connectivity index (χ4v) is 1.93. The highest BCUT2D eigenvalue weighted by Crippen LogP contribution is 2.24. The van der Waals surface area contributed by atoms with E-state index in [1.54, 1.807) is 43.4 Å². The molecule has 22 heavy (non-hydrogen) atoms. The Balaban J connectivity index is 4.91. The number of hydrogen-bond donors (Lipinski definition) is 1. The molecule has 1 N–H and O–H groups in total. The van der Waals surface area contributed by atoms with E-state index in [9.17, 15) is 22.8 Å². The summed E-state index contributed by atoms with van der Waals surface area (Å²) in [5.74, 6) is -0.451. The van der Waals surface area contributed by atoms with Gasteiger partial charge in [-0.1, -0.05) is 22.6 Å². The number of ether oxygens (including phenoxy) is 2. The molecular weight excluding hydrogens is 418 g/mol. The number of ketones is 1. The lowest BCUT2D eigenvalue weighted by Gasteiger charge is -2.28. The van der Waals surface area contributed by atoms with E-state index in [0.717, 1.165) is 6.92 Å². The number of rotatable bonds is 6. The zero-order chi connectivity index (χ0) is 17.7. The summed E-state index contributed by atoms with van der Waals surface area (Å²) < 4.78 is 47.4. The molecule has 0 aromatic heterocycles. The number of halogens is 4. The molecule has 3 atom stereocenters. The fourth-order valence-electron chi connectivity index (χ4n) is 1.45. The lowest BCUT2D eigenvalue weighted by molar-refractivity contribution is -0.227. The Morgan fingerprint density at radius 1 is 1.18 bits per heavy atom. The smallest absolute Gasteiger partial charge is 0.414 e. The van der Waals surface area contributed by atoms with Gasteiger partial charge in [0.1, 0.15) is 11.6 Å². The molecule has 0 aliphatic heterocycles. The van der Waals surface area contributed by atoms with Crippen molar-refractivity contribution in [3.05, 3.63) is 0 Å². The van der Waals surface area contributed by atoms with Gasteiger partial charge in [0.05, 0.1) is 10.5 Å². The van der Waals surface area contributed by atoms with Crippen LogP contribution in [-0.2, 0) is 14.3 Å². The second kappa shape index (κ2) is 8.32. The predicted molar refractivity (Wildman–Crippen MR) is 83.1 cm³/mol. The SMILES string of the molecule is C[C@@H](O[C@H](C)C(F)(F)F)[C@H](NC(=O)OC(C)(C)C)C(=O)CI. The zero-order valence-corrected chi connectivity index (χ0v) is 15.2. The van der Waals surface area contributed by atoms with Crippen molar-refractivity contribution in [2.75, 3.05) is 4.43 Å². The van der Waals surface area contributed by atoms with E-state index in [-0.39, 0.29) is 4.43 Å². The summed E-state index contributed by atoms with van der Waals surface area (Å²) in [7, 11) is 0. The molecule has 0 fully saturated rings. The van der Waals surface area contributed by atoms with E-state index in [4.69, 9.17) is 9.47 Å². The maximum absolute atomic E-state index is 12.5. The average Bonchev–Trinajstić information content (AvgIpc) is 2.31. The molecule has 0 aromatic rings. The Kier molecular flexibility index (Phi) is 8.10. The van der Waals surface area contributed by atoms with Gasteiger partial charge in [-0.05, 0) is 34.6 Å². The quantitative estimate of drug-likeness (QED) is 0.510. The number of alkyl carbamates (subject to hydrolysis) is 1. The lowest BCUT2D eigenvalue weighted by atomic mass is 10.1. The van der Waals surface area contributed by atoms with Crippen LogP contribution in [0.1, 0.15) is 34.6 Å². The van der Waals surface area contributed by atoms with Crippen LogP contribution in [0.2, 0.25) is 0 Å². The Morgan fingerprint density at radius 3 is 2.05 bits per heavy atom. The van der Waals surface area contributed by atoms with Gasteiger partial charge >= 0.3 is 12.3 Å². The first kappa shape index (κ1) is 21.4. The third-order valence-electron chi connectivity index (χ3n) is 2.50. The monoisotopic (exact) mass is 439 g/mol. The Labute approximate surface area is 141 Å². The van der Waals surface area contributed by atoms with Gasteiger partial charge in [-0.15, -0.1) is 0 Å². The molecule has 0 saturated heterocycles. The first-order valence-electron chi connectivity index (χ1n) is 6.58. The Hall–Kier alpha value is -0.580. The maximum Gasteiger partial charge on any atom is 0.414 e. The molecule has 0 rings (SSSR count). The maximum atomic E-state index is 12.5. The normalized spacial score (nSPS) is 16.6. The molecule has 5 nitrogen and oxygen atoms in total. The zero-order valence-electron chi connectivity index (χ0n) is 13.1. The molecule has 0 radical (unpaired) electrons. The highest BCUT2D eigenvalue weighted by Gasteiger charge is 2.40. The molecule has 9 heteroatoms. The third kappa shape index (κ3) is 8.16. The van der Waals surface area contributed by atoms with Crippen LogP contribution in [0.4, 0.5) is 18.0 Å². The van der Waals surface area contributed by atoms with Crippen molar-refractivity contribution in [2.45, 2.75) is 64.6 Å². The van der Waals surface area contributed by atoms with Crippen LogP contribution in [-0.4, -0.2) is 46.3 Å².